The number of fused-ring (bicyclic) bond motifs is 2. The van der Waals surface area contributed by atoms with Crippen LogP contribution in [0.15, 0.2) is 60.7 Å². The first-order valence-electron chi connectivity index (χ1n) is 20.5. The van der Waals surface area contributed by atoms with Crippen LogP contribution in [0.25, 0.3) is 0 Å². The van der Waals surface area contributed by atoms with Crippen molar-refractivity contribution in [3.05, 3.63) is 94.3 Å². The number of imide groups is 2. The molecule has 2 atom stereocenters. The van der Waals surface area contributed by atoms with Gasteiger partial charge in [-0.25, -0.2) is 26.8 Å². The van der Waals surface area contributed by atoms with Crippen molar-refractivity contribution < 1.29 is 74.0 Å². The molecule has 6 rings (SSSR count). The highest BCUT2D eigenvalue weighted by Crippen LogP contribution is 2.38. The number of rotatable bonds is 19. The van der Waals surface area contributed by atoms with Gasteiger partial charge in [0.2, 0.25) is 11.1 Å². The zero-order chi connectivity index (χ0) is 51.4. The van der Waals surface area contributed by atoms with E-state index in [1.54, 1.807) is 26.0 Å². The molecule has 372 valence electrons. The average Bonchev–Trinajstić information content (AvgIpc) is 3.69. The highest BCUT2D eigenvalue weighted by atomic mass is 35.5. The Labute approximate surface area is 403 Å². The monoisotopic (exact) mass is 1020 g/mol. The van der Waals surface area contributed by atoms with Crippen LogP contribution in [0.1, 0.15) is 78.8 Å². The predicted molar refractivity (Wildman–Crippen MR) is 250 cm³/mol. The molecule has 0 aliphatic carbocycles. The summed E-state index contributed by atoms with van der Waals surface area (Å²) in [6.07, 6.45) is 2.03. The molecule has 0 spiro atoms. The lowest BCUT2D eigenvalue weighted by atomic mass is 10.1. The molecule has 0 radical (unpaired) electrons. The van der Waals surface area contributed by atoms with Gasteiger partial charge in [-0.1, -0.05) is 12.1 Å². The number of nitrogens with zero attached hydrogens (tertiary/aromatic N) is 4. The highest BCUT2D eigenvalue weighted by Gasteiger charge is 2.45. The number of hydrogen-bond donors (Lipinski definition) is 2. The van der Waals surface area contributed by atoms with Gasteiger partial charge in [0.25, 0.3) is 35.4 Å². The summed E-state index contributed by atoms with van der Waals surface area (Å²) in [7, 11) is -1.61. The lowest BCUT2D eigenvalue weighted by molar-refractivity contribution is -0.119. The second kappa shape index (κ2) is 24.0. The van der Waals surface area contributed by atoms with E-state index in [0.29, 0.717) is 18.1 Å². The second-order valence-corrected chi connectivity index (χ2v) is 19.6. The van der Waals surface area contributed by atoms with Crippen molar-refractivity contribution in [3.63, 3.8) is 0 Å². The fraction of sp³-hybridized carbons (Fsp3) is 0.364. The van der Waals surface area contributed by atoms with Gasteiger partial charge in [-0.05, 0) is 74.0 Å². The summed E-state index contributed by atoms with van der Waals surface area (Å²) in [4.78, 5) is 84.8. The Hall–Kier alpha value is -6.73. The van der Waals surface area contributed by atoms with Crippen molar-refractivity contribution in [2.24, 2.45) is 0 Å². The standard InChI is InChI=1S/C22H25N3O8S.C19H21N3O6S.C3H5ClO2/c1-5-33-20-17(32-3)10-9-14(24-20)16(12-34(4,29)30)25-21(27)13-7-6-8-15(19(13)22(25)28)23-18(26)11-31-2;1-4-28-17-15(27-2)9-8-13(21-17)14(10-29(3,25)26)22-18(23)11-6-5-7-12(20)16(11)19(22)24;1-6-2-3(4)5/h6-10,16H,5,11-12H2,1-4H3,(H,23,26);5-9,14H,4,10,20H2,1-3H3;2H2,1H3. The number of nitrogen functional groups attached to an aromatic ring is 1. The first-order valence-corrected chi connectivity index (χ1v) is 25.0. The molecule has 4 heterocycles. The van der Waals surface area contributed by atoms with Crippen molar-refractivity contribution in [1.82, 2.24) is 19.8 Å². The Kier molecular flexibility index (Phi) is 19.1. The molecule has 22 nitrogen and oxygen atoms in total. The van der Waals surface area contributed by atoms with Crippen LogP contribution in [-0.4, -0.2) is 150 Å². The predicted octanol–water partition coefficient (Wildman–Crippen LogP) is 3.31. The van der Waals surface area contributed by atoms with Crippen molar-refractivity contribution >= 4 is 77.4 Å². The van der Waals surface area contributed by atoms with Crippen molar-refractivity contribution in [3.8, 4) is 23.3 Å². The Balaban J connectivity index is 0.000000271. The molecule has 2 aromatic carbocycles. The number of carbonyl (C=O) groups excluding carboxylic acids is 6. The number of sulfone groups is 2. The number of amides is 5. The van der Waals surface area contributed by atoms with E-state index < -0.39 is 78.0 Å². The molecule has 3 N–H and O–H groups in total. The molecule has 2 aliphatic heterocycles. The van der Waals surface area contributed by atoms with Gasteiger partial charge < -0.3 is 39.5 Å². The number of halogens is 1. The topological polar surface area (TPSA) is 296 Å². The van der Waals surface area contributed by atoms with Crippen LogP contribution < -0.4 is 30.0 Å². The number of aromatic nitrogens is 2. The van der Waals surface area contributed by atoms with Gasteiger partial charge in [0.15, 0.2) is 11.5 Å². The van der Waals surface area contributed by atoms with Crippen molar-refractivity contribution in [2.45, 2.75) is 25.9 Å². The van der Waals surface area contributed by atoms with Gasteiger partial charge in [0.1, 0.15) is 32.9 Å². The summed E-state index contributed by atoms with van der Waals surface area (Å²) in [5, 5.41) is 2.09. The molecule has 2 aliphatic rings. The smallest absolute Gasteiger partial charge is 0.264 e. The van der Waals surface area contributed by atoms with Gasteiger partial charge >= 0.3 is 0 Å². The number of ether oxygens (including phenoxy) is 6. The Morgan fingerprint density at radius 3 is 1.46 bits per heavy atom. The van der Waals surface area contributed by atoms with Gasteiger partial charge in [-0.2, -0.15) is 0 Å². The molecule has 0 saturated heterocycles. The number of carbonyl (C=O) groups is 6. The minimum atomic E-state index is -3.66. The van der Waals surface area contributed by atoms with Crippen LogP contribution >= 0.6 is 11.6 Å². The van der Waals surface area contributed by atoms with Crippen LogP contribution in [0.5, 0.6) is 23.3 Å². The molecule has 2 unspecified atom stereocenters. The maximum absolute atomic E-state index is 13.4. The minimum absolute atomic E-state index is 0.00154. The summed E-state index contributed by atoms with van der Waals surface area (Å²) < 4.78 is 79.2. The van der Waals surface area contributed by atoms with Crippen LogP contribution in [0.3, 0.4) is 0 Å². The van der Waals surface area contributed by atoms with E-state index >= 15 is 0 Å². The van der Waals surface area contributed by atoms with Crippen LogP contribution in [-0.2, 0) is 38.7 Å². The van der Waals surface area contributed by atoms with Crippen molar-refractivity contribution in [2.75, 3.05) is 89.9 Å². The van der Waals surface area contributed by atoms with E-state index in [2.05, 4.69) is 20.0 Å². The first kappa shape index (κ1) is 54.9. The van der Waals surface area contributed by atoms with Gasteiger partial charge in [0.05, 0.1) is 90.4 Å². The van der Waals surface area contributed by atoms with E-state index in [1.807, 2.05) is 0 Å². The summed E-state index contributed by atoms with van der Waals surface area (Å²) in [5.74, 6) is -3.40. The lowest BCUT2D eigenvalue weighted by Crippen LogP contribution is -2.38. The quantitative estimate of drug-likeness (QED) is 0.0773. The molecule has 5 amide bonds. The van der Waals surface area contributed by atoms with E-state index in [-0.39, 0.29) is 76.6 Å². The number of benzene rings is 2. The largest absolute Gasteiger partial charge is 0.491 e. The Morgan fingerprint density at radius 1 is 0.652 bits per heavy atom. The number of methoxy groups -OCH3 is 4. The van der Waals surface area contributed by atoms with Gasteiger partial charge in [-0.3, -0.25) is 38.6 Å². The van der Waals surface area contributed by atoms with Crippen LogP contribution in [0.2, 0.25) is 0 Å². The minimum Gasteiger partial charge on any atom is -0.491 e. The summed E-state index contributed by atoms with van der Waals surface area (Å²) >= 11 is 4.81. The van der Waals surface area contributed by atoms with Crippen LogP contribution in [0, 0.1) is 0 Å². The van der Waals surface area contributed by atoms with Gasteiger partial charge in [0, 0.05) is 32.4 Å². The van der Waals surface area contributed by atoms with E-state index in [4.69, 9.17) is 41.0 Å². The molecular formula is C44H51ClN6O16S2. The third kappa shape index (κ3) is 13.7. The Morgan fingerprint density at radius 2 is 1.09 bits per heavy atom. The first-order chi connectivity index (χ1) is 32.6. The molecule has 0 bridgehead atoms. The SMILES string of the molecule is CCOc1nc(C(CS(C)(=O)=O)N2C(=O)c3cccc(N)c3C2=O)ccc1OC.CCOc1nc(C(CS(C)(=O)=O)N2C(=O)c3cccc(NC(=O)COC)c3C2=O)ccc1OC.COCC(=O)Cl. The lowest BCUT2D eigenvalue weighted by Gasteiger charge is -2.26. The molecule has 2 aromatic heterocycles. The number of nitrogens with two attached hydrogens (primary N) is 1. The van der Waals surface area contributed by atoms with Gasteiger partial charge in [-0.15, -0.1) is 0 Å². The number of pyridine rings is 2. The number of anilines is 2. The second-order valence-electron chi connectivity index (χ2n) is 14.8. The molecule has 25 heteroatoms. The van der Waals surface area contributed by atoms with Crippen molar-refractivity contribution in [1.29, 1.82) is 0 Å². The third-order valence-corrected chi connectivity index (χ3v) is 11.6. The number of hydrogen-bond acceptors (Lipinski definition) is 19. The average molecular weight is 1020 g/mol. The fourth-order valence-electron chi connectivity index (χ4n) is 6.94. The van der Waals surface area contributed by atoms with Crippen LogP contribution in [0.4, 0.5) is 11.4 Å². The summed E-state index contributed by atoms with van der Waals surface area (Å²) in [5.41, 5.74) is 6.68. The maximum Gasteiger partial charge on any atom is 0.264 e. The maximum atomic E-state index is 13.4. The molecule has 0 fully saturated rings. The molecule has 69 heavy (non-hydrogen) atoms. The molecule has 0 saturated carbocycles. The van der Waals surface area contributed by atoms with E-state index in [1.165, 1.54) is 77.0 Å². The molecule has 4 aromatic rings. The van der Waals surface area contributed by atoms with E-state index in [0.717, 1.165) is 22.3 Å². The van der Waals surface area contributed by atoms with E-state index in [9.17, 15) is 45.6 Å². The fourth-order valence-corrected chi connectivity index (χ4v) is 8.83. The highest BCUT2D eigenvalue weighted by molar-refractivity contribution is 7.90. The third-order valence-electron chi connectivity index (χ3n) is 9.66. The normalized spacial score (nSPS) is 13.8. The molecular weight excluding hydrogens is 968 g/mol. The zero-order valence-electron chi connectivity index (χ0n) is 38.8. The summed E-state index contributed by atoms with van der Waals surface area (Å²) in [6.45, 7) is 3.82. The zero-order valence-corrected chi connectivity index (χ0v) is 41.2. The summed E-state index contributed by atoms with van der Waals surface area (Å²) in [6, 6.07) is 12.6. The Bertz CT molecular complexity index is 2830. The number of nitrogens with one attached hydrogen (secondary N) is 1.